The average Bonchev–Trinajstić information content (AvgIpc) is 2.29. The van der Waals surface area contributed by atoms with Crippen LogP contribution in [0.25, 0.3) is 6.08 Å². The van der Waals surface area contributed by atoms with Crippen LogP contribution in [0.5, 0.6) is 11.5 Å². The Balaban J connectivity index is 2.83. The second kappa shape index (κ2) is 6.09. The zero-order valence-electron chi connectivity index (χ0n) is 9.03. The Bertz CT molecular complexity index is 332. The summed E-state index contributed by atoms with van der Waals surface area (Å²) in [5, 5.41) is 0. The van der Waals surface area contributed by atoms with Crippen molar-refractivity contribution in [2.45, 2.75) is 0 Å². The lowest BCUT2D eigenvalue weighted by Crippen LogP contribution is -1.90. The standard InChI is InChI=1S/C12H15O3/c1-13-8-4-5-10-6-7-11(14-2)12(9-10)15-3/h4-7,9H,1,8H2,2-3H3/b5-4+. The summed E-state index contributed by atoms with van der Waals surface area (Å²) in [6.45, 7) is 0.494. The fourth-order valence-electron chi connectivity index (χ4n) is 1.21. The fourth-order valence-corrected chi connectivity index (χ4v) is 1.21. The molecular weight excluding hydrogens is 192 g/mol. The SMILES string of the molecule is [CH2]OC/C=C/c1ccc(OC)c(OC)c1. The fraction of sp³-hybridized carbons (Fsp3) is 0.250. The maximum absolute atomic E-state index is 5.18. The van der Waals surface area contributed by atoms with Gasteiger partial charge in [0.15, 0.2) is 11.5 Å². The second-order valence-electron chi connectivity index (χ2n) is 2.89. The maximum atomic E-state index is 5.18. The van der Waals surface area contributed by atoms with Crippen molar-refractivity contribution in [3.05, 3.63) is 36.9 Å². The number of rotatable bonds is 5. The summed E-state index contributed by atoms with van der Waals surface area (Å²) >= 11 is 0. The second-order valence-corrected chi connectivity index (χ2v) is 2.89. The van der Waals surface area contributed by atoms with Crippen LogP contribution in [0.2, 0.25) is 0 Å². The third-order valence-corrected chi connectivity index (χ3v) is 1.93. The number of methoxy groups -OCH3 is 2. The Morgan fingerprint density at radius 2 is 1.93 bits per heavy atom. The molecule has 1 aromatic rings. The summed E-state index contributed by atoms with van der Waals surface area (Å²) in [6.07, 6.45) is 3.82. The lowest BCUT2D eigenvalue weighted by atomic mass is 10.2. The lowest BCUT2D eigenvalue weighted by Gasteiger charge is -2.07. The van der Waals surface area contributed by atoms with Crippen LogP contribution in [-0.2, 0) is 4.74 Å². The van der Waals surface area contributed by atoms with Crippen molar-refractivity contribution < 1.29 is 14.2 Å². The van der Waals surface area contributed by atoms with Crippen LogP contribution >= 0.6 is 0 Å². The highest BCUT2D eigenvalue weighted by Gasteiger charge is 2.01. The molecule has 0 aliphatic rings. The van der Waals surface area contributed by atoms with Crippen molar-refractivity contribution in [1.82, 2.24) is 0 Å². The molecule has 3 heteroatoms. The van der Waals surface area contributed by atoms with E-state index in [-0.39, 0.29) is 0 Å². The summed E-state index contributed by atoms with van der Waals surface area (Å²) in [4.78, 5) is 0. The van der Waals surface area contributed by atoms with Crippen molar-refractivity contribution in [1.29, 1.82) is 0 Å². The molecule has 0 unspecified atom stereocenters. The number of hydrogen-bond donors (Lipinski definition) is 0. The van der Waals surface area contributed by atoms with Crippen molar-refractivity contribution in [2.75, 3.05) is 20.8 Å². The monoisotopic (exact) mass is 207 g/mol. The Hall–Kier alpha value is -1.48. The van der Waals surface area contributed by atoms with E-state index in [1.54, 1.807) is 14.2 Å². The molecule has 0 spiro atoms. The molecule has 15 heavy (non-hydrogen) atoms. The Morgan fingerprint density at radius 3 is 2.53 bits per heavy atom. The van der Waals surface area contributed by atoms with Gasteiger partial charge >= 0.3 is 0 Å². The molecule has 1 rings (SSSR count). The molecule has 0 atom stereocenters. The molecule has 3 nitrogen and oxygen atoms in total. The van der Waals surface area contributed by atoms with Crippen LogP contribution in [-0.4, -0.2) is 20.8 Å². The maximum Gasteiger partial charge on any atom is 0.161 e. The summed E-state index contributed by atoms with van der Waals surface area (Å²) in [5.41, 5.74) is 1.03. The molecule has 1 radical (unpaired) electrons. The highest BCUT2D eigenvalue weighted by Crippen LogP contribution is 2.27. The van der Waals surface area contributed by atoms with E-state index in [0.717, 1.165) is 17.1 Å². The van der Waals surface area contributed by atoms with Crippen LogP contribution < -0.4 is 9.47 Å². The molecule has 0 N–H and O–H groups in total. The summed E-state index contributed by atoms with van der Waals surface area (Å²) < 4.78 is 15.0. The molecule has 81 valence electrons. The highest BCUT2D eigenvalue weighted by atomic mass is 16.5. The third-order valence-electron chi connectivity index (χ3n) is 1.93. The first-order valence-corrected chi connectivity index (χ1v) is 4.57. The van der Waals surface area contributed by atoms with E-state index in [9.17, 15) is 0 Å². The quantitative estimate of drug-likeness (QED) is 0.742. The average molecular weight is 207 g/mol. The van der Waals surface area contributed by atoms with Gasteiger partial charge in [0.2, 0.25) is 0 Å². The van der Waals surface area contributed by atoms with Gasteiger partial charge in [0.05, 0.1) is 27.9 Å². The molecule has 0 bridgehead atoms. The Kier molecular flexibility index (Phi) is 4.71. The molecule has 0 heterocycles. The predicted molar refractivity (Wildman–Crippen MR) is 59.9 cm³/mol. The Morgan fingerprint density at radius 1 is 1.20 bits per heavy atom. The van der Waals surface area contributed by atoms with Gasteiger partial charge in [-0.25, -0.2) is 0 Å². The van der Waals surface area contributed by atoms with Gasteiger partial charge in [0, 0.05) is 0 Å². The third kappa shape index (κ3) is 3.29. The Labute approximate surface area is 90.3 Å². The van der Waals surface area contributed by atoms with Gasteiger partial charge in [-0.3, -0.25) is 0 Å². The molecule has 0 saturated heterocycles. The minimum atomic E-state index is 0.494. The molecule has 0 aliphatic carbocycles. The molecule has 1 aromatic carbocycles. The van der Waals surface area contributed by atoms with Gasteiger partial charge in [0.1, 0.15) is 0 Å². The van der Waals surface area contributed by atoms with Gasteiger partial charge in [-0.15, -0.1) is 0 Å². The molecule has 0 saturated carbocycles. The van der Waals surface area contributed by atoms with Gasteiger partial charge in [-0.1, -0.05) is 18.2 Å². The zero-order chi connectivity index (χ0) is 11.1. The number of hydrogen-bond acceptors (Lipinski definition) is 3. The van der Waals surface area contributed by atoms with Gasteiger partial charge in [-0.2, -0.15) is 0 Å². The van der Waals surface area contributed by atoms with Crippen LogP contribution in [0, 0.1) is 7.11 Å². The van der Waals surface area contributed by atoms with Gasteiger partial charge < -0.3 is 14.2 Å². The van der Waals surface area contributed by atoms with Crippen LogP contribution in [0.15, 0.2) is 24.3 Å². The highest BCUT2D eigenvalue weighted by molar-refractivity contribution is 5.55. The van der Waals surface area contributed by atoms with E-state index in [4.69, 9.17) is 9.47 Å². The minimum Gasteiger partial charge on any atom is -0.493 e. The van der Waals surface area contributed by atoms with Crippen LogP contribution in [0.3, 0.4) is 0 Å². The van der Waals surface area contributed by atoms with Crippen LogP contribution in [0.4, 0.5) is 0 Å². The van der Waals surface area contributed by atoms with E-state index >= 15 is 0 Å². The molecule has 0 amide bonds. The van der Waals surface area contributed by atoms with E-state index in [0.29, 0.717) is 6.61 Å². The number of ether oxygens (including phenoxy) is 3. The van der Waals surface area contributed by atoms with E-state index in [2.05, 4.69) is 11.8 Å². The van der Waals surface area contributed by atoms with Crippen molar-refractivity contribution >= 4 is 6.08 Å². The molecular formula is C12H15O3. The van der Waals surface area contributed by atoms with E-state index < -0.39 is 0 Å². The summed E-state index contributed by atoms with van der Waals surface area (Å²) in [6, 6.07) is 5.71. The van der Waals surface area contributed by atoms with Gasteiger partial charge in [-0.05, 0) is 17.7 Å². The van der Waals surface area contributed by atoms with E-state index in [1.807, 2.05) is 30.4 Å². The minimum absolute atomic E-state index is 0.494. The topological polar surface area (TPSA) is 27.7 Å². The number of benzene rings is 1. The molecule has 0 aromatic heterocycles. The molecule has 0 aliphatic heterocycles. The lowest BCUT2D eigenvalue weighted by molar-refractivity contribution is 0.282. The smallest absolute Gasteiger partial charge is 0.161 e. The summed E-state index contributed by atoms with van der Waals surface area (Å²) in [7, 11) is 6.51. The first-order chi connectivity index (χ1) is 7.31. The van der Waals surface area contributed by atoms with E-state index in [1.165, 1.54) is 0 Å². The first-order valence-electron chi connectivity index (χ1n) is 4.57. The van der Waals surface area contributed by atoms with Crippen molar-refractivity contribution in [3.8, 4) is 11.5 Å². The zero-order valence-corrected chi connectivity index (χ0v) is 9.03. The van der Waals surface area contributed by atoms with Gasteiger partial charge in [0.25, 0.3) is 0 Å². The summed E-state index contributed by atoms with van der Waals surface area (Å²) in [5.74, 6) is 1.44. The first kappa shape index (κ1) is 11.6. The van der Waals surface area contributed by atoms with Crippen molar-refractivity contribution in [3.63, 3.8) is 0 Å². The predicted octanol–water partition coefficient (Wildman–Crippen LogP) is 2.53. The van der Waals surface area contributed by atoms with Crippen molar-refractivity contribution in [2.24, 2.45) is 0 Å². The van der Waals surface area contributed by atoms with Crippen LogP contribution in [0.1, 0.15) is 5.56 Å². The largest absolute Gasteiger partial charge is 0.493 e. The molecule has 0 fully saturated rings. The normalized spacial score (nSPS) is 10.6.